The van der Waals surface area contributed by atoms with Crippen LogP contribution in [0, 0.1) is 5.82 Å². The quantitative estimate of drug-likeness (QED) is 0.586. The van der Waals surface area contributed by atoms with E-state index >= 15 is 0 Å². The fourth-order valence-electron chi connectivity index (χ4n) is 3.94. The number of hydrogen-bond donors (Lipinski definition) is 0. The molecule has 2 aliphatic heterocycles. The number of ether oxygens (including phenoxy) is 2. The van der Waals surface area contributed by atoms with Crippen molar-refractivity contribution in [3.8, 4) is 17.2 Å². The molecule has 0 N–H and O–H groups in total. The van der Waals surface area contributed by atoms with E-state index < -0.39 is 5.82 Å². The minimum atomic E-state index is -0.437. The largest absolute Gasteiger partial charge is 0.491 e. The molecular formula is C25H28FN3O3. The molecule has 0 aromatic heterocycles. The van der Waals surface area contributed by atoms with Gasteiger partial charge < -0.3 is 24.2 Å². The van der Waals surface area contributed by atoms with Gasteiger partial charge in [0.05, 0.1) is 12.8 Å². The molecule has 0 unspecified atom stereocenters. The Morgan fingerprint density at radius 3 is 2.75 bits per heavy atom. The second kappa shape index (κ2) is 9.34. The maximum Gasteiger partial charge on any atom is 0.246 e. The molecular weight excluding hydrogens is 409 g/mol. The van der Waals surface area contributed by atoms with E-state index in [1.165, 1.54) is 12.1 Å². The van der Waals surface area contributed by atoms with Crippen molar-refractivity contribution in [3.63, 3.8) is 0 Å². The van der Waals surface area contributed by atoms with E-state index in [-0.39, 0.29) is 23.8 Å². The fraction of sp³-hybridized carbons (Fsp3) is 0.320. The van der Waals surface area contributed by atoms with Crippen molar-refractivity contribution >= 4 is 11.6 Å². The molecule has 7 heteroatoms. The Labute approximate surface area is 188 Å². The van der Waals surface area contributed by atoms with Gasteiger partial charge in [-0.05, 0) is 50.6 Å². The van der Waals surface area contributed by atoms with Crippen molar-refractivity contribution in [1.29, 1.82) is 0 Å². The molecule has 1 amide bonds. The van der Waals surface area contributed by atoms with E-state index in [1.807, 2.05) is 49.3 Å². The van der Waals surface area contributed by atoms with Gasteiger partial charge in [-0.15, -0.1) is 0 Å². The van der Waals surface area contributed by atoms with E-state index in [0.29, 0.717) is 24.7 Å². The van der Waals surface area contributed by atoms with Crippen LogP contribution in [0.3, 0.4) is 0 Å². The molecule has 2 aliphatic rings. The summed E-state index contributed by atoms with van der Waals surface area (Å²) in [7, 11) is 0. The molecule has 2 heterocycles. The van der Waals surface area contributed by atoms with Gasteiger partial charge in [0.2, 0.25) is 5.91 Å². The van der Waals surface area contributed by atoms with Gasteiger partial charge >= 0.3 is 0 Å². The Morgan fingerprint density at radius 2 is 2.00 bits per heavy atom. The molecule has 1 fully saturated rings. The van der Waals surface area contributed by atoms with Crippen molar-refractivity contribution in [2.45, 2.75) is 32.4 Å². The smallest absolute Gasteiger partial charge is 0.246 e. The second-order valence-electron chi connectivity index (χ2n) is 8.21. The maximum atomic E-state index is 14.8. The zero-order valence-electron chi connectivity index (χ0n) is 18.4. The number of likely N-dealkylation sites (tertiary alicyclic amines) is 1. The zero-order chi connectivity index (χ0) is 22.7. The summed E-state index contributed by atoms with van der Waals surface area (Å²) in [4.78, 5) is 17.8. The number of benzene rings is 2. The molecule has 2 aromatic carbocycles. The Hall–Kier alpha value is -3.48. The Kier molecular flexibility index (Phi) is 6.35. The summed E-state index contributed by atoms with van der Waals surface area (Å²) in [5.74, 6) is 0.878. The summed E-state index contributed by atoms with van der Waals surface area (Å²) in [5.41, 5.74) is 0.738. The molecule has 1 atom stereocenters. The van der Waals surface area contributed by atoms with E-state index in [1.54, 1.807) is 23.1 Å². The molecule has 168 valence electrons. The summed E-state index contributed by atoms with van der Waals surface area (Å²) in [6.07, 6.45) is 6.23. The topological polar surface area (TPSA) is 45.3 Å². The molecule has 1 saturated heterocycles. The number of carbonyl (C=O) groups excluding carboxylic acids is 1. The van der Waals surface area contributed by atoms with Gasteiger partial charge in [0.25, 0.3) is 0 Å². The van der Waals surface area contributed by atoms with Gasteiger partial charge in [0, 0.05) is 49.4 Å². The van der Waals surface area contributed by atoms with Gasteiger partial charge in [0.15, 0.2) is 11.6 Å². The molecule has 0 radical (unpaired) electrons. The number of nitrogens with zero attached hydrogens (tertiary/aromatic N) is 3. The predicted molar refractivity (Wildman–Crippen MR) is 122 cm³/mol. The van der Waals surface area contributed by atoms with Crippen molar-refractivity contribution < 1.29 is 18.7 Å². The molecule has 0 aliphatic carbocycles. The highest BCUT2D eigenvalue weighted by Crippen LogP contribution is 2.31. The molecule has 4 rings (SSSR count). The average molecular weight is 438 g/mol. The van der Waals surface area contributed by atoms with E-state index in [4.69, 9.17) is 9.47 Å². The van der Waals surface area contributed by atoms with Crippen LogP contribution >= 0.6 is 0 Å². The zero-order valence-corrected chi connectivity index (χ0v) is 18.4. The summed E-state index contributed by atoms with van der Waals surface area (Å²) < 4.78 is 26.2. The molecule has 2 aromatic rings. The van der Waals surface area contributed by atoms with Gasteiger partial charge in [0.1, 0.15) is 11.5 Å². The first kappa shape index (κ1) is 21.7. The van der Waals surface area contributed by atoms with Crippen LogP contribution in [0.15, 0.2) is 67.5 Å². The van der Waals surface area contributed by atoms with Crippen LogP contribution in [0.2, 0.25) is 0 Å². The minimum absolute atomic E-state index is 0.0357. The Bertz CT molecular complexity index is 1020. The summed E-state index contributed by atoms with van der Waals surface area (Å²) in [6, 6.07) is 12.4. The van der Waals surface area contributed by atoms with Crippen molar-refractivity contribution in [2.24, 2.45) is 0 Å². The number of carbonyl (C=O) groups is 1. The predicted octanol–water partition coefficient (Wildman–Crippen LogP) is 4.74. The number of halogens is 1. The highest BCUT2D eigenvalue weighted by Gasteiger charge is 2.30. The average Bonchev–Trinajstić information content (AvgIpc) is 3.44. The van der Waals surface area contributed by atoms with Crippen LogP contribution in [-0.2, 0) is 4.79 Å². The van der Waals surface area contributed by atoms with Gasteiger partial charge in [-0.25, -0.2) is 4.39 Å². The highest BCUT2D eigenvalue weighted by atomic mass is 19.1. The summed E-state index contributed by atoms with van der Waals surface area (Å²) in [6.45, 7) is 9.46. The number of anilines is 1. The molecule has 0 saturated carbocycles. The maximum absolute atomic E-state index is 14.8. The molecule has 32 heavy (non-hydrogen) atoms. The highest BCUT2D eigenvalue weighted by molar-refractivity contribution is 5.87. The van der Waals surface area contributed by atoms with Crippen molar-refractivity contribution in [1.82, 2.24) is 9.80 Å². The van der Waals surface area contributed by atoms with Crippen molar-refractivity contribution in [2.75, 3.05) is 24.7 Å². The lowest BCUT2D eigenvalue weighted by Crippen LogP contribution is -2.37. The molecule has 0 bridgehead atoms. The SMILES string of the molecule is C=CC(=O)N1CC[C@@H](N2C=CN(c3ccc(Oc4cccc(OC(C)C)c4)c(F)c3)C2)C1. The summed E-state index contributed by atoms with van der Waals surface area (Å²) in [5, 5.41) is 0. The number of hydrogen-bond acceptors (Lipinski definition) is 5. The van der Waals surface area contributed by atoms with E-state index in [0.717, 1.165) is 18.7 Å². The number of amides is 1. The molecule has 0 spiro atoms. The van der Waals surface area contributed by atoms with Crippen LogP contribution in [0.5, 0.6) is 17.2 Å². The third-order valence-electron chi connectivity index (χ3n) is 5.52. The standard InChI is InChI=1S/C25H28FN3O3/c1-4-25(30)27-11-10-20(16-27)29-13-12-28(17-29)19-8-9-24(23(26)14-19)32-22-7-5-6-21(15-22)31-18(2)3/h4-9,12-15,18,20H,1,10-11,16-17H2,2-3H3/t20-/m1/s1. The normalized spacial score (nSPS) is 17.9. The Morgan fingerprint density at radius 1 is 1.19 bits per heavy atom. The van der Waals surface area contributed by atoms with Gasteiger partial charge in [-0.1, -0.05) is 12.6 Å². The third kappa shape index (κ3) is 4.88. The lowest BCUT2D eigenvalue weighted by atomic mass is 10.2. The minimum Gasteiger partial charge on any atom is -0.491 e. The third-order valence-corrected chi connectivity index (χ3v) is 5.52. The van der Waals surface area contributed by atoms with Crippen LogP contribution in [-0.4, -0.2) is 47.6 Å². The molecule has 6 nitrogen and oxygen atoms in total. The van der Waals surface area contributed by atoms with E-state index in [2.05, 4.69) is 11.5 Å². The first-order valence-corrected chi connectivity index (χ1v) is 10.8. The first-order valence-electron chi connectivity index (χ1n) is 10.8. The van der Waals surface area contributed by atoms with Gasteiger partial charge in [-0.3, -0.25) is 4.79 Å². The van der Waals surface area contributed by atoms with Crippen LogP contribution in [0.25, 0.3) is 0 Å². The monoisotopic (exact) mass is 437 g/mol. The lowest BCUT2D eigenvalue weighted by molar-refractivity contribution is -0.125. The Balaban J connectivity index is 1.38. The van der Waals surface area contributed by atoms with Crippen LogP contribution < -0.4 is 14.4 Å². The summed E-state index contributed by atoms with van der Waals surface area (Å²) >= 11 is 0. The lowest BCUT2D eigenvalue weighted by Gasteiger charge is -2.27. The van der Waals surface area contributed by atoms with Crippen molar-refractivity contribution in [3.05, 3.63) is 73.3 Å². The fourth-order valence-corrected chi connectivity index (χ4v) is 3.94. The van der Waals surface area contributed by atoms with Crippen LogP contribution in [0.1, 0.15) is 20.3 Å². The van der Waals surface area contributed by atoms with E-state index in [9.17, 15) is 9.18 Å². The number of rotatable bonds is 7. The van der Waals surface area contributed by atoms with Gasteiger partial charge in [-0.2, -0.15) is 0 Å². The second-order valence-corrected chi connectivity index (χ2v) is 8.21. The van der Waals surface area contributed by atoms with Crippen LogP contribution in [0.4, 0.5) is 10.1 Å². The first-order chi connectivity index (χ1) is 15.4.